The molecule has 2 amide bonds. The second kappa shape index (κ2) is 12.6. The van der Waals surface area contributed by atoms with Crippen molar-refractivity contribution in [3.8, 4) is 11.6 Å². The Morgan fingerprint density at radius 1 is 1.07 bits per heavy atom. The van der Waals surface area contributed by atoms with E-state index in [1.165, 1.54) is 24.5 Å². The second-order valence-electron chi connectivity index (χ2n) is 11.0. The van der Waals surface area contributed by atoms with Gasteiger partial charge in [-0.1, -0.05) is 30.3 Å². The Labute approximate surface area is 245 Å². The molecule has 3 aromatic rings. The Bertz CT molecular complexity index is 1460. The molecule has 42 heavy (non-hydrogen) atoms. The van der Waals surface area contributed by atoms with E-state index < -0.39 is 5.82 Å². The molecule has 1 atom stereocenters. The molecule has 0 spiro atoms. The molecule has 1 aromatic heterocycles. The van der Waals surface area contributed by atoms with E-state index in [0.29, 0.717) is 45.0 Å². The maximum atomic E-state index is 14.2. The molecule has 0 saturated carbocycles. The van der Waals surface area contributed by atoms with Crippen LogP contribution in [0.2, 0.25) is 0 Å². The highest BCUT2D eigenvalue weighted by atomic mass is 19.1. The predicted octanol–water partition coefficient (Wildman–Crippen LogP) is 3.59. The molecule has 5 rings (SSSR count). The van der Waals surface area contributed by atoms with Crippen LogP contribution >= 0.6 is 0 Å². The summed E-state index contributed by atoms with van der Waals surface area (Å²) in [5.74, 6) is -0.0814. The quantitative estimate of drug-likeness (QED) is 0.366. The van der Waals surface area contributed by atoms with E-state index in [0.717, 1.165) is 16.7 Å². The summed E-state index contributed by atoms with van der Waals surface area (Å²) in [6.45, 7) is 8.32. The number of rotatable bonds is 10. The van der Waals surface area contributed by atoms with Crippen LogP contribution in [-0.2, 0) is 11.2 Å². The van der Waals surface area contributed by atoms with Gasteiger partial charge in [-0.2, -0.15) is 0 Å². The molecule has 3 heterocycles. The van der Waals surface area contributed by atoms with Crippen LogP contribution in [-0.4, -0.2) is 81.6 Å². The lowest BCUT2D eigenvalue weighted by Crippen LogP contribution is -2.38. The second-order valence-corrected chi connectivity index (χ2v) is 11.0. The molecular weight excluding hydrogens is 537 g/mol. The zero-order valence-electron chi connectivity index (χ0n) is 24.2. The van der Waals surface area contributed by atoms with Crippen molar-refractivity contribution in [1.29, 1.82) is 0 Å². The minimum absolute atomic E-state index is 0.0446. The van der Waals surface area contributed by atoms with Crippen LogP contribution in [0, 0.1) is 5.82 Å². The summed E-state index contributed by atoms with van der Waals surface area (Å²) in [5.41, 5.74) is 9.82. The molecule has 2 aromatic carbocycles. The SMILES string of the molecule is CCN(C(=O)c1cc(F)ccc1Oc1nncnc1N1CC2=C(CN(C(=O)C[C@H](N)Cc3ccccc3)C2)C1)C(C)C. The number of carbonyl (C=O) groups excluding carboxylic acids is 2. The van der Waals surface area contributed by atoms with Crippen LogP contribution in [0.25, 0.3) is 0 Å². The van der Waals surface area contributed by atoms with Crippen molar-refractivity contribution >= 4 is 17.6 Å². The highest BCUT2D eigenvalue weighted by Crippen LogP contribution is 2.35. The highest BCUT2D eigenvalue weighted by molar-refractivity contribution is 5.97. The molecule has 10 nitrogen and oxygen atoms in total. The number of nitrogens with two attached hydrogens (primary N) is 1. The van der Waals surface area contributed by atoms with E-state index in [2.05, 4.69) is 15.2 Å². The third-order valence-electron chi connectivity index (χ3n) is 7.63. The number of anilines is 1. The number of halogens is 1. The van der Waals surface area contributed by atoms with Crippen molar-refractivity contribution in [3.05, 3.63) is 82.9 Å². The van der Waals surface area contributed by atoms with Crippen molar-refractivity contribution in [2.75, 3.05) is 37.6 Å². The van der Waals surface area contributed by atoms with Crippen molar-refractivity contribution in [2.45, 2.75) is 45.7 Å². The molecule has 0 radical (unpaired) electrons. The summed E-state index contributed by atoms with van der Waals surface area (Å²) in [6, 6.07) is 13.5. The van der Waals surface area contributed by atoms with E-state index in [1.807, 2.05) is 60.9 Å². The Morgan fingerprint density at radius 3 is 2.45 bits per heavy atom. The molecule has 0 aliphatic carbocycles. The van der Waals surface area contributed by atoms with E-state index in [4.69, 9.17) is 10.5 Å². The van der Waals surface area contributed by atoms with Gasteiger partial charge in [0.25, 0.3) is 11.8 Å². The van der Waals surface area contributed by atoms with Gasteiger partial charge in [0.15, 0.2) is 5.82 Å². The number of amides is 2. The molecule has 2 aliphatic heterocycles. The van der Waals surface area contributed by atoms with Crippen LogP contribution in [0.15, 0.2) is 66.0 Å². The summed E-state index contributed by atoms with van der Waals surface area (Å²) >= 11 is 0. The Morgan fingerprint density at radius 2 is 1.79 bits per heavy atom. The number of hydrogen-bond donors (Lipinski definition) is 1. The van der Waals surface area contributed by atoms with Crippen LogP contribution in [0.5, 0.6) is 11.6 Å². The third-order valence-corrected chi connectivity index (χ3v) is 7.63. The van der Waals surface area contributed by atoms with Gasteiger partial charge in [-0.05, 0) is 62.1 Å². The predicted molar refractivity (Wildman–Crippen MR) is 157 cm³/mol. The maximum Gasteiger partial charge on any atom is 0.282 e. The fourth-order valence-electron chi connectivity index (χ4n) is 5.55. The van der Waals surface area contributed by atoms with Crippen molar-refractivity contribution in [3.63, 3.8) is 0 Å². The molecule has 0 saturated heterocycles. The van der Waals surface area contributed by atoms with Gasteiger partial charge in [-0.15, -0.1) is 10.2 Å². The van der Waals surface area contributed by atoms with Gasteiger partial charge in [0.05, 0.1) is 5.56 Å². The summed E-state index contributed by atoms with van der Waals surface area (Å²) in [7, 11) is 0. The zero-order valence-corrected chi connectivity index (χ0v) is 24.2. The molecular formula is C31H36FN7O3. The largest absolute Gasteiger partial charge is 0.434 e. The highest BCUT2D eigenvalue weighted by Gasteiger charge is 2.34. The zero-order chi connectivity index (χ0) is 29.8. The summed E-state index contributed by atoms with van der Waals surface area (Å²) in [6.07, 6.45) is 2.28. The molecule has 220 valence electrons. The Balaban J connectivity index is 1.24. The summed E-state index contributed by atoms with van der Waals surface area (Å²) in [5, 5.41) is 8.04. The topological polar surface area (TPSA) is 118 Å². The van der Waals surface area contributed by atoms with Crippen LogP contribution in [0.1, 0.15) is 43.1 Å². The van der Waals surface area contributed by atoms with Crippen molar-refractivity contribution < 1.29 is 18.7 Å². The van der Waals surface area contributed by atoms with Gasteiger partial charge in [0.2, 0.25) is 5.91 Å². The molecule has 0 fully saturated rings. The molecule has 2 N–H and O–H groups in total. The first-order chi connectivity index (χ1) is 20.2. The van der Waals surface area contributed by atoms with Gasteiger partial charge in [0.1, 0.15) is 17.9 Å². The summed E-state index contributed by atoms with van der Waals surface area (Å²) in [4.78, 5) is 36.2. The summed E-state index contributed by atoms with van der Waals surface area (Å²) < 4.78 is 20.3. The Hall–Kier alpha value is -4.38. The fraction of sp³-hybridized carbons (Fsp3) is 0.387. The van der Waals surface area contributed by atoms with Crippen LogP contribution in [0.3, 0.4) is 0 Å². The minimum atomic E-state index is -0.539. The number of hydrogen-bond acceptors (Lipinski definition) is 8. The lowest BCUT2D eigenvalue weighted by Gasteiger charge is -2.26. The van der Waals surface area contributed by atoms with Gasteiger partial charge in [0, 0.05) is 51.2 Å². The number of carbonyl (C=O) groups is 2. The molecule has 0 unspecified atom stereocenters. The first-order valence-electron chi connectivity index (χ1n) is 14.2. The maximum absolute atomic E-state index is 14.2. The third kappa shape index (κ3) is 6.41. The monoisotopic (exact) mass is 573 g/mol. The van der Waals surface area contributed by atoms with E-state index in [9.17, 15) is 14.0 Å². The lowest BCUT2D eigenvalue weighted by atomic mass is 10.0. The smallest absolute Gasteiger partial charge is 0.282 e. The van der Waals surface area contributed by atoms with E-state index in [1.54, 1.807) is 4.90 Å². The standard InChI is InChI=1S/C31H36FN7O3/c1-4-39(20(2)3)31(41)26-13-24(32)10-11-27(26)42-30-29(34-19-35-36-30)38-17-22-15-37(16-23(22)18-38)28(40)14-25(33)12-21-8-6-5-7-9-21/h5-11,13,19-20,25H,4,12,14-18,33H2,1-3H3/t25-/m1/s1. The first-order valence-corrected chi connectivity index (χ1v) is 14.2. The van der Waals surface area contributed by atoms with Crippen molar-refractivity contribution in [1.82, 2.24) is 25.0 Å². The lowest BCUT2D eigenvalue weighted by molar-refractivity contribution is -0.130. The van der Waals surface area contributed by atoms with Crippen LogP contribution in [0.4, 0.5) is 10.2 Å². The van der Waals surface area contributed by atoms with Crippen LogP contribution < -0.4 is 15.4 Å². The minimum Gasteiger partial charge on any atom is -0.434 e. The number of ether oxygens (including phenoxy) is 1. The number of nitrogens with zero attached hydrogens (tertiary/aromatic N) is 6. The Kier molecular flexibility index (Phi) is 8.77. The molecule has 11 heteroatoms. The van der Waals surface area contributed by atoms with E-state index in [-0.39, 0.29) is 47.5 Å². The normalized spacial score (nSPS) is 15.3. The van der Waals surface area contributed by atoms with Crippen molar-refractivity contribution in [2.24, 2.45) is 5.73 Å². The number of benzene rings is 2. The average Bonchev–Trinajstić information content (AvgIpc) is 3.55. The number of aromatic nitrogens is 3. The fourth-order valence-corrected chi connectivity index (χ4v) is 5.55. The van der Waals surface area contributed by atoms with E-state index >= 15 is 0 Å². The first kappa shape index (κ1) is 29.1. The van der Waals surface area contributed by atoms with Gasteiger partial charge >= 0.3 is 0 Å². The van der Waals surface area contributed by atoms with Gasteiger partial charge in [-0.3, -0.25) is 9.59 Å². The van der Waals surface area contributed by atoms with Gasteiger partial charge < -0.3 is 25.2 Å². The average molecular weight is 574 g/mol. The molecule has 0 bridgehead atoms. The molecule has 2 aliphatic rings. The van der Waals surface area contributed by atoms with Gasteiger partial charge in [-0.25, -0.2) is 9.37 Å².